The van der Waals surface area contributed by atoms with E-state index >= 15 is 0 Å². The van der Waals surface area contributed by atoms with Gasteiger partial charge in [0.15, 0.2) is 0 Å². The second-order valence-electron chi connectivity index (χ2n) is 5.57. The summed E-state index contributed by atoms with van der Waals surface area (Å²) in [7, 11) is 0. The maximum absolute atomic E-state index is 12.2. The van der Waals surface area contributed by atoms with Gasteiger partial charge in [0, 0.05) is 31.9 Å². The first-order valence-electron chi connectivity index (χ1n) is 8.41. The molecular formula is C17H27N3O6. The summed E-state index contributed by atoms with van der Waals surface area (Å²) in [4.78, 5) is 26.9. The van der Waals surface area contributed by atoms with Gasteiger partial charge < -0.3 is 35.5 Å². The Bertz CT molecular complexity index is 491. The Balaban J connectivity index is 2.64. The van der Waals surface area contributed by atoms with Crippen LogP contribution in [0.2, 0.25) is 0 Å². The fourth-order valence-corrected chi connectivity index (χ4v) is 2.35. The van der Waals surface area contributed by atoms with E-state index in [-0.39, 0.29) is 64.9 Å². The zero-order valence-corrected chi connectivity index (χ0v) is 14.7. The summed E-state index contributed by atoms with van der Waals surface area (Å²) in [6, 6.07) is 6.27. The molecule has 0 spiro atoms. The number of urea groups is 1. The van der Waals surface area contributed by atoms with Crippen molar-refractivity contribution in [3.05, 3.63) is 29.8 Å². The van der Waals surface area contributed by atoms with Gasteiger partial charge in [0.25, 0.3) is 0 Å². The van der Waals surface area contributed by atoms with Crippen LogP contribution in [0.25, 0.3) is 0 Å². The fraction of sp³-hybridized carbons (Fsp3) is 0.529. The second-order valence-corrected chi connectivity index (χ2v) is 5.57. The van der Waals surface area contributed by atoms with E-state index in [1.54, 1.807) is 24.3 Å². The Kier molecular flexibility index (Phi) is 10.3. The van der Waals surface area contributed by atoms with Crippen LogP contribution < -0.4 is 5.32 Å². The summed E-state index contributed by atoms with van der Waals surface area (Å²) in [6.45, 7) is -0.184. The molecule has 9 nitrogen and oxygen atoms in total. The van der Waals surface area contributed by atoms with E-state index in [9.17, 15) is 9.59 Å². The largest absolute Gasteiger partial charge is 0.395 e. The van der Waals surface area contributed by atoms with Crippen LogP contribution in [0.4, 0.5) is 10.5 Å². The number of benzene rings is 1. The summed E-state index contributed by atoms with van der Waals surface area (Å²) in [5.74, 6) is -0.207. The number of rotatable bonds is 11. The maximum atomic E-state index is 12.2. The van der Waals surface area contributed by atoms with E-state index < -0.39 is 6.03 Å². The molecule has 0 aliphatic rings. The van der Waals surface area contributed by atoms with E-state index in [0.29, 0.717) is 5.69 Å². The van der Waals surface area contributed by atoms with Gasteiger partial charge >= 0.3 is 6.03 Å². The minimum absolute atomic E-state index is 0.116. The minimum atomic E-state index is -0.436. The third-order valence-electron chi connectivity index (χ3n) is 3.68. The van der Waals surface area contributed by atoms with Gasteiger partial charge in [-0.25, -0.2) is 4.79 Å². The lowest BCUT2D eigenvalue weighted by atomic mass is 10.1. The molecule has 26 heavy (non-hydrogen) atoms. The van der Waals surface area contributed by atoms with Crippen molar-refractivity contribution in [3.8, 4) is 0 Å². The highest BCUT2D eigenvalue weighted by molar-refractivity contribution is 5.89. The molecule has 0 aliphatic heterocycles. The molecule has 1 aromatic rings. The SMILES string of the molecule is O=C(Cc1ccc(NC(=O)N(CCO)CCO)cc1)N(CCO)CCO. The van der Waals surface area contributed by atoms with Crippen molar-refractivity contribution in [1.29, 1.82) is 0 Å². The number of nitrogens with one attached hydrogen (secondary N) is 1. The lowest BCUT2D eigenvalue weighted by Crippen LogP contribution is -2.39. The number of hydrogen-bond acceptors (Lipinski definition) is 6. The van der Waals surface area contributed by atoms with Crippen molar-refractivity contribution in [2.45, 2.75) is 6.42 Å². The van der Waals surface area contributed by atoms with Crippen molar-refractivity contribution in [1.82, 2.24) is 9.80 Å². The van der Waals surface area contributed by atoms with Gasteiger partial charge in [0.2, 0.25) is 5.91 Å². The fourth-order valence-electron chi connectivity index (χ4n) is 2.35. The van der Waals surface area contributed by atoms with E-state index in [1.807, 2.05) is 0 Å². The Morgan fingerprint density at radius 2 is 1.23 bits per heavy atom. The molecule has 1 aromatic carbocycles. The molecule has 0 saturated heterocycles. The normalized spacial score (nSPS) is 10.5. The predicted molar refractivity (Wildman–Crippen MR) is 95.7 cm³/mol. The summed E-state index contributed by atoms with van der Waals surface area (Å²) in [6.07, 6.45) is 0.120. The number of amides is 3. The average Bonchev–Trinajstić information content (AvgIpc) is 2.63. The van der Waals surface area contributed by atoms with Crippen LogP contribution in [0, 0.1) is 0 Å². The van der Waals surface area contributed by atoms with Crippen LogP contribution in [-0.2, 0) is 11.2 Å². The van der Waals surface area contributed by atoms with Crippen molar-refractivity contribution in [2.75, 3.05) is 57.9 Å². The molecule has 0 aliphatic carbocycles. The molecule has 0 atom stereocenters. The Morgan fingerprint density at radius 3 is 1.69 bits per heavy atom. The van der Waals surface area contributed by atoms with Crippen LogP contribution in [0.5, 0.6) is 0 Å². The minimum Gasteiger partial charge on any atom is -0.395 e. The van der Waals surface area contributed by atoms with Crippen molar-refractivity contribution in [2.24, 2.45) is 0 Å². The summed E-state index contributed by atoms with van der Waals surface area (Å²) < 4.78 is 0. The predicted octanol–water partition coefficient (Wildman–Crippen LogP) is -1.14. The molecule has 0 bridgehead atoms. The molecule has 0 saturated carbocycles. The summed E-state index contributed by atoms with van der Waals surface area (Å²) in [5.41, 5.74) is 1.26. The van der Waals surface area contributed by atoms with Gasteiger partial charge in [-0.1, -0.05) is 12.1 Å². The highest BCUT2D eigenvalue weighted by Crippen LogP contribution is 2.12. The standard InChI is InChI=1S/C17H27N3O6/c21-9-5-19(6-10-22)16(25)13-14-1-3-15(4-2-14)18-17(26)20(7-11-23)8-12-24/h1-4,21-24H,5-13H2,(H,18,26). The van der Waals surface area contributed by atoms with E-state index in [0.717, 1.165) is 5.56 Å². The van der Waals surface area contributed by atoms with Crippen molar-refractivity contribution >= 4 is 17.6 Å². The highest BCUT2D eigenvalue weighted by Gasteiger charge is 2.14. The van der Waals surface area contributed by atoms with Crippen LogP contribution in [0.15, 0.2) is 24.3 Å². The molecular weight excluding hydrogens is 342 g/mol. The molecule has 3 amide bonds. The van der Waals surface area contributed by atoms with Crippen LogP contribution >= 0.6 is 0 Å². The number of anilines is 1. The first kappa shape index (κ1) is 21.8. The summed E-state index contributed by atoms with van der Waals surface area (Å²) >= 11 is 0. The smallest absolute Gasteiger partial charge is 0.321 e. The van der Waals surface area contributed by atoms with Gasteiger partial charge in [0.1, 0.15) is 0 Å². The zero-order valence-electron chi connectivity index (χ0n) is 14.7. The number of carbonyl (C=O) groups is 2. The maximum Gasteiger partial charge on any atom is 0.321 e. The Labute approximate surface area is 152 Å². The first-order valence-corrected chi connectivity index (χ1v) is 8.41. The Hall–Kier alpha value is -2.20. The number of nitrogens with zero attached hydrogens (tertiary/aromatic N) is 2. The zero-order chi connectivity index (χ0) is 19.4. The van der Waals surface area contributed by atoms with Crippen LogP contribution in [0.1, 0.15) is 5.56 Å². The van der Waals surface area contributed by atoms with E-state index in [2.05, 4.69) is 5.32 Å². The van der Waals surface area contributed by atoms with Gasteiger partial charge in [-0.3, -0.25) is 4.79 Å². The number of aliphatic hydroxyl groups is 4. The molecule has 0 aromatic heterocycles. The van der Waals surface area contributed by atoms with Crippen LogP contribution in [0.3, 0.4) is 0 Å². The third-order valence-corrected chi connectivity index (χ3v) is 3.68. The molecule has 0 unspecified atom stereocenters. The van der Waals surface area contributed by atoms with Gasteiger partial charge in [-0.15, -0.1) is 0 Å². The second kappa shape index (κ2) is 12.2. The van der Waals surface area contributed by atoms with Crippen LogP contribution in [-0.4, -0.2) is 94.8 Å². The molecule has 9 heteroatoms. The van der Waals surface area contributed by atoms with Gasteiger partial charge in [-0.05, 0) is 17.7 Å². The number of carbonyl (C=O) groups excluding carboxylic acids is 2. The Morgan fingerprint density at radius 1 is 0.769 bits per heavy atom. The topological polar surface area (TPSA) is 134 Å². The molecule has 1 rings (SSSR count). The lowest BCUT2D eigenvalue weighted by molar-refractivity contribution is -0.131. The molecule has 5 N–H and O–H groups in total. The first-order chi connectivity index (χ1) is 12.5. The summed E-state index contributed by atoms with van der Waals surface area (Å²) in [5, 5.41) is 38.5. The van der Waals surface area contributed by atoms with E-state index in [1.165, 1.54) is 9.80 Å². The molecule has 0 radical (unpaired) electrons. The van der Waals surface area contributed by atoms with Crippen molar-refractivity contribution < 1.29 is 30.0 Å². The average molecular weight is 369 g/mol. The quantitative estimate of drug-likeness (QED) is 0.335. The molecule has 0 fully saturated rings. The molecule has 0 heterocycles. The van der Waals surface area contributed by atoms with E-state index in [4.69, 9.17) is 20.4 Å². The van der Waals surface area contributed by atoms with Gasteiger partial charge in [0.05, 0.1) is 32.8 Å². The third kappa shape index (κ3) is 7.36. The molecule has 146 valence electrons. The number of aliphatic hydroxyl groups excluding tert-OH is 4. The number of hydrogen-bond donors (Lipinski definition) is 5. The van der Waals surface area contributed by atoms with Gasteiger partial charge in [-0.2, -0.15) is 0 Å². The highest BCUT2D eigenvalue weighted by atomic mass is 16.3. The monoisotopic (exact) mass is 369 g/mol. The van der Waals surface area contributed by atoms with Crippen molar-refractivity contribution in [3.63, 3.8) is 0 Å². The lowest BCUT2D eigenvalue weighted by Gasteiger charge is -2.21.